The van der Waals surface area contributed by atoms with E-state index in [1.54, 1.807) is 12.2 Å². The molecule has 84 valence electrons. The molecule has 2 aliphatic rings. The molecule has 5 N–H and O–H groups in total. The van der Waals surface area contributed by atoms with Crippen molar-refractivity contribution in [3.63, 3.8) is 0 Å². The van der Waals surface area contributed by atoms with Crippen molar-refractivity contribution >= 4 is 5.97 Å². The summed E-state index contributed by atoms with van der Waals surface area (Å²) in [6.45, 7) is 0. The summed E-state index contributed by atoms with van der Waals surface area (Å²) in [6, 6.07) is 0. The highest BCUT2D eigenvalue weighted by Gasteiger charge is 2.37. The van der Waals surface area contributed by atoms with Crippen LogP contribution in [0.1, 0.15) is 0 Å². The zero-order chi connectivity index (χ0) is 11.9. The summed E-state index contributed by atoms with van der Waals surface area (Å²) in [6.07, 6.45) is 7.24. The Hall–Kier alpha value is -1.85. The molecule has 16 heavy (non-hydrogen) atoms. The minimum absolute atomic E-state index is 0.211. The Morgan fingerprint density at radius 1 is 1.44 bits per heavy atom. The molecule has 0 aromatic heterocycles. The summed E-state index contributed by atoms with van der Waals surface area (Å²) in [5, 5.41) is 28.1. The van der Waals surface area contributed by atoms with Crippen molar-refractivity contribution in [2.75, 3.05) is 0 Å². The van der Waals surface area contributed by atoms with E-state index in [1.165, 1.54) is 18.2 Å². The van der Waals surface area contributed by atoms with E-state index in [2.05, 4.69) is 0 Å². The van der Waals surface area contributed by atoms with Crippen molar-refractivity contribution in [1.29, 1.82) is 0 Å². The molecule has 2 unspecified atom stereocenters. The Kier molecular flexibility index (Phi) is 2.22. The predicted molar refractivity (Wildman–Crippen MR) is 56.3 cm³/mol. The number of aliphatic carboxylic acids is 1. The smallest absolute Gasteiger partial charge is 0.314 e. The van der Waals surface area contributed by atoms with E-state index in [0.717, 1.165) is 0 Å². The lowest BCUT2D eigenvalue weighted by molar-refractivity contribution is -0.138. The van der Waals surface area contributed by atoms with E-state index in [9.17, 15) is 15.0 Å². The van der Waals surface area contributed by atoms with Crippen molar-refractivity contribution in [2.45, 2.75) is 5.72 Å². The van der Waals surface area contributed by atoms with Gasteiger partial charge in [0.25, 0.3) is 0 Å². The van der Waals surface area contributed by atoms with Gasteiger partial charge in [-0.15, -0.1) is 0 Å². The molecule has 0 saturated heterocycles. The number of allylic oxidation sites excluding steroid dienone is 3. The minimum Gasteiger partial charge on any atom is -0.507 e. The molecule has 0 heterocycles. The molecule has 5 nitrogen and oxygen atoms in total. The van der Waals surface area contributed by atoms with Crippen molar-refractivity contribution in [1.82, 2.24) is 0 Å². The van der Waals surface area contributed by atoms with Crippen LogP contribution >= 0.6 is 0 Å². The van der Waals surface area contributed by atoms with Gasteiger partial charge >= 0.3 is 5.97 Å². The molecular formula is C11H11NO4. The summed E-state index contributed by atoms with van der Waals surface area (Å²) in [7, 11) is 0. The van der Waals surface area contributed by atoms with Crippen molar-refractivity contribution in [3.05, 3.63) is 47.3 Å². The molecule has 2 atom stereocenters. The average Bonchev–Trinajstić information content (AvgIpc) is 2.23. The highest BCUT2D eigenvalue weighted by Crippen LogP contribution is 2.34. The first kappa shape index (κ1) is 10.7. The van der Waals surface area contributed by atoms with Crippen LogP contribution in [0.2, 0.25) is 0 Å². The Morgan fingerprint density at radius 3 is 2.75 bits per heavy atom. The summed E-state index contributed by atoms with van der Waals surface area (Å²) in [5.74, 6) is -2.28. The van der Waals surface area contributed by atoms with Gasteiger partial charge in [0.1, 0.15) is 5.76 Å². The van der Waals surface area contributed by atoms with Gasteiger partial charge < -0.3 is 15.3 Å². The average molecular weight is 221 g/mol. The molecule has 0 bridgehead atoms. The van der Waals surface area contributed by atoms with Gasteiger partial charge in [-0.2, -0.15) is 0 Å². The number of carboxylic acids is 1. The van der Waals surface area contributed by atoms with Crippen LogP contribution in [0.4, 0.5) is 0 Å². The lowest BCUT2D eigenvalue weighted by Crippen LogP contribution is -2.46. The van der Waals surface area contributed by atoms with Gasteiger partial charge in [-0.1, -0.05) is 24.3 Å². The van der Waals surface area contributed by atoms with Gasteiger partial charge in [0.15, 0.2) is 5.72 Å². The van der Waals surface area contributed by atoms with Crippen LogP contribution in [0.15, 0.2) is 47.3 Å². The van der Waals surface area contributed by atoms with Crippen LogP contribution in [0.25, 0.3) is 0 Å². The van der Waals surface area contributed by atoms with E-state index in [0.29, 0.717) is 5.57 Å². The fraction of sp³-hybridized carbons (Fsp3) is 0.182. The second-order valence-electron chi connectivity index (χ2n) is 3.74. The Balaban J connectivity index is 2.49. The molecular weight excluding hydrogens is 210 g/mol. The minimum atomic E-state index is -2.01. The third-order valence-corrected chi connectivity index (χ3v) is 2.65. The van der Waals surface area contributed by atoms with E-state index in [-0.39, 0.29) is 5.57 Å². The first-order valence-corrected chi connectivity index (χ1v) is 4.69. The highest BCUT2D eigenvalue weighted by atomic mass is 16.4. The molecule has 2 rings (SSSR count). The largest absolute Gasteiger partial charge is 0.507 e. The molecule has 0 spiro atoms. The highest BCUT2D eigenvalue weighted by molar-refractivity contribution is 5.77. The quantitative estimate of drug-likeness (QED) is 0.474. The maximum absolute atomic E-state index is 10.8. The van der Waals surface area contributed by atoms with E-state index < -0.39 is 23.4 Å². The third kappa shape index (κ3) is 1.46. The summed E-state index contributed by atoms with van der Waals surface area (Å²) in [5.41, 5.74) is 4.34. The van der Waals surface area contributed by atoms with E-state index in [4.69, 9.17) is 10.8 Å². The molecule has 0 radical (unpaired) electrons. The zero-order valence-electron chi connectivity index (χ0n) is 8.29. The molecule has 0 saturated carbocycles. The number of nitrogens with two attached hydrogens (primary N) is 1. The number of aliphatic hydroxyl groups is 2. The maximum Gasteiger partial charge on any atom is 0.314 e. The Labute approximate surface area is 91.5 Å². The molecule has 0 aromatic carbocycles. The van der Waals surface area contributed by atoms with Gasteiger partial charge in [-0.25, -0.2) is 0 Å². The second kappa shape index (κ2) is 3.33. The number of carboxylic acid groups (broad SMARTS) is 1. The number of carbonyl (C=O) groups is 1. The van der Waals surface area contributed by atoms with Crippen molar-refractivity contribution in [3.8, 4) is 0 Å². The molecule has 0 amide bonds. The molecule has 5 heteroatoms. The number of fused-ring (bicyclic) bond motifs is 1. The Bertz CT molecular complexity index is 468. The van der Waals surface area contributed by atoms with Gasteiger partial charge in [-0.3, -0.25) is 10.5 Å². The van der Waals surface area contributed by atoms with E-state index >= 15 is 0 Å². The van der Waals surface area contributed by atoms with Gasteiger partial charge in [0.05, 0.1) is 5.92 Å². The number of rotatable bonds is 1. The summed E-state index contributed by atoms with van der Waals surface area (Å²) >= 11 is 0. The molecule has 2 aliphatic carbocycles. The topological polar surface area (TPSA) is 104 Å². The second-order valence-corrected chi connectivity index (χ2v) is 3.74. The molecule has 0 aromatic rings. The Morgan fingerprint density at radius 2 is 2.12 bits per heavy atom. The van der Waals surface area contributed by atoms with Crippen LogP contribution in [-0.2, 0) is 4.79 Å². The van der Waals surface area contributed by atoms with Gasteiger partial charge in [0.2, 0.25) is 0 Å². The summed E-state index contributed by atoms with van der Waals surface area (Å²) in [4.78, 5) is 10.8. The monoisotopic (exact) mass is 221 g/mol. The zero-order valence-corrected chi connectivity index (χ0v) is 8.29. The normalized spacial score (nSPS) is 32.4. The maximum atomic E-state index is 10.8. The fourth-order valence-electron chi connectivity index (χ4n) is 1.71. The predicted octanol–water partition coefficient (Wildman–Crippen LogP) is 0.213. The standard InChI is InChI=1S/C11H11NO4/c12-11(16)8-5-7(10(14)15)2-1-6(8)3-4-9(11)13/h1-5,7,13,16H,12H2,(H,14,15). The number of hydrogen-bond donors (Lipinski definition) is 4. The lowest BCUT2D eigenvalue weighted by Gasteiger charge is -2.31. The van der Waals surface area contributed by atoms with Crippen molar-refractivity contribution in [2.24, 2.45) is 11.7 Å². The van der Waals surface area contributed by atoms with Gasteiger partial charge in [0, 0.05) is 5.57 Å². The van der Waals surface area contributed by atoms with Crippen LogP contribution in [-0.4, -0.2) is 27.0 Å². The third-order valence-electron chi connectivity index (χ3n) is 2.65. The summed E-state index contributed by atoms with van der Waals surface area (Å²) < 4.78 is 0. The van der Waals surface area contributed by atoms with Gasteiger partial charge in [-0.05, 0) is 11.6 Å². The van der Waals surface area contributed by atoms with Crippen LogP contribution in [0, 0.1) is 5.92 Å². The first-order valence-electron chi connectivity index (χ1n) is 4.69. The van der Waals surface area contributed by atoms with Crippen LogP contribution in [0.3, 0.4) is 0 Å². The van der Waals surface area contributed by atoms with E-state index in [1.807, 2.05) is 0 Å². The number of hydrogen-bond acceptors (Lipinski definition) is 4. The first-order chi connectivity index (χ1) is 7.43. The lowest BCUT2D eigenvalue weighted by atomic mass is 9.83. The van der Waals surface area contributed by atoms with Crippen LogP contribution < -0.4 is 5.73 Å². The number of aliphatic hydroxyl groups excluding tert-OH is 1. The SMILES string of the molecule is NC1(O)C(O)=CC=C2C=CC(C(=O)O)C=C21. The van der Waals surface area contributed by atoms with Crippen molar-refractivity contribution < 1.29 is 20.1 Å². The van der Waals surface area contributed by atoms with Crippen LogP contribution in [0.5, 0.6) is 0 Å². The fourth-order valence-corrected chi connectivity index (χ4v) is 1.71. The molecule has 0 aliphatic heterocycles. The molecule has 0 fully saturated rings.